The lowest BCUT2D eigenvalue weighted by atomic mass is 10.1. The molecule has 0 heterocycles. The lowest BCUT2D eigenvalue weighted by molar-refractivity contribution is -0.114. The summed E-state index contributed by atoms with van der Waals surface area (Å²) in [7, 11) is 0. The standard InChI is InChI=1S/C19H23BrN4O2.HI/c1-3-21-19(23-13(2)16-6-4-5-7-17(16)20)22-12-18(26)24-14-8-10-15(25)11-9-14;/h4-11,13,25H,3,12H2,1-2H3,(H,24,26)(H2,21,22,23);1H. The summed E-state index contributed by atoms with van der Waals surface area (Å²) in [5, 5.41) is 18.4. The van der Waals surface area contributed by atoms with E-state index < -0.39 is 0 Å². The van der Waals surface area contributed by atoms with E-state index in [0.717, 1.165) is 10.0 Å². The number of phenols is 1. The molecule has 0 spiro atoms. The largest absolute Gasteiger partial charge is 0.508 e. The first-order valence-electron chi connectivity index (χ1n) is 8.37. The summed E-state index contributed by atoms with van der Waals surface area (Å²) in [4.78, 5) is 16.4. The Bertz CT molecular complexity index is 769. The monoisotopic (exact) mass is 546 g/mol. The quantitative estimate of drug-likeness (QED) is 0.191. The zero-order chi connectivity index (χ0) is 18.9. The minimum atomic E-state index is -0.235. The molecule has 2 aromatic carbocycles. The van der Waals surface area contributed by atoms with Crippen LogP contribution in [-0.4, -0.2) is 30.1 Å². The number of carbonyl (C=O) groups excluding carboxylic acids is 1. The highest BCUT2D eigenvalue weighted by Gasteiger charge is 2.11. The van der Waals surface area contributed by atoms with Gasteiger partial charge >= 0.3 is 0 Å². The number of aliphatic imine (C=N–C) groups is 1. The number of guanidine groups is 1. The third-order valence-corrected chi connectivity index (χ3v) is 4.32. The highest BCUT2D eigenvalue weighted by Crippen LogP contribution is 2.22. The summed E-state index contributed by atoms with van der Waals surface area (Å²) in [6.45, 7) is 4.67. The fourth-order valence-electron chi connectivity index (χ4n) is 2.33. The maximum atomic E-state index is 12.1. The van der Waals surface area contributed by atoms with Crippen LogP contribution in [0.5, 0.6) is 5.75 Å². The third kappa shape index (κ3) is 7.76. The smallest absolute Gasteiger partial charge is 0.246 e. The van der Waals surface area contributed by atoms with Gasteiger partial charge in [0.15, 0.2) is 5.96 Å². The Kier molecular flexibility index (Phi) is 10.2. The molecule has 0 aliphatic carbocycles. The van der Waals surface area contributed by atoms with Gasteiger partial charge in [-0.3, -0.25) is 4.79 Å². The molecule has 2 rings (SSSR count). The average Bonchev–Trinajstić information content (AvgIpc) is 2.62. The Morgan fingerprint density at radius 3 is 2.48 bits per heavy atom. The predicted octanol–water partition coefficient (Wildman–Crippen LogP) is 4.03. The molecule has 0 fully saturated rings. The number of halogens is 2. The highest BCUT2D eigenvalue weighted by molar-refractivity contribution is 14.0. The number of hydrogen-bond acceptors (Lipinski definition) is 3. The number of phenolic OH excluding ortho intramolecular Hbond substituents is 1. The van der Waals surface area contributed by atoms with Crippen molar-refractivity contribution in [1.29, 1.82) is 0 Å². The van der Waals surface area contributed by atoms with Crippen molar-refractivity contribution in [2.75, 3.05) is 18.4 Å². The van der Waals surface area contributed by atoms with Crippen LogP contribution < -0.4 is 16.0 Å². The van der Waals surface area contributed by atoms with Crippen LogP contribution in [0.3, 0.4) is 0 Å². The molecular formula is C19H24BrIN4O2. The summed E-state index contributed by atoms with van der Waals surface area (Å²) < 4.78 is 1.01. The molecule has 0 aromatic heterocycles. The molecule has 8 heteroatoms. The van der Waals surface area contributed by atoms with E-state index in [9.17, 15) is 9.90 Å². The number of nitrogens with zero attached hydrogens (tertiary/aromatic N) is 1. The van der Waals surface area contributed by atoms with Crippen LogP contribution in [-0.2, 0) is 4.79 Å². The van der Waals surface area contributed by atoms with Crippen LogP contribution in [0.15, 0.2) is 58.0 Å². The molecule has 1 atom stereocenters. The van der Waals surface area contributed by atoms with Gasteiger partial charge in [0.2, 0.25) is 5.91 Å². The van der Waals surface area contributed by atoms with Crippen molar-refractivity contribution in [1.82, 2.24) is 10.6 Å². The van der Waals surface area contributed by atoms with Gasteiger partial charge in [-0.2, -0.15) is 0 Å². The van der Waals surface area contributed by atoms with E-state index in [1.807, 2.05) is 38.1 Å². The van der Waals surface area contributed by atoms with Gasteiger partial charge in [0.25, 0.3) is 0 Å². The van der Waals surface area contributed by atoms with E-state index in [4.69, 9.17) is 0 Å². The van der Waals surface area contributed by atoms with Crippen LogP contribution >= 0.6 is 39.9 Å². The van der Waals surface area contributed by atoms with E-state index >= 15 is 0 Å². The van der Waals surface area contributed by atoms with Crippen molar-refractivity contribution < 1.29 is 9.90 Å². The molecule has 0 saturated carbocycles. The number of anilines is 1. The summed E-state index contributed by atoms with van der Waals surface area (Å²) in [5.74, 6) is 0.485. The minimum absolute atomic E-state index is 0. The number of nitrogens with one attached hydrogen (secondary N) is 3. The van der Waals surface area contributed by atoms with Gasteiger partial charge in [0.1, 0.15) is 12.3 Å². The molecule has 1 amide bonds. The van der Waals surface area contributed by atoms with Gasteiger partial charge in [0.05, 0.1) is 6.04 Å². The molecular weight excluding hydrogens is 523 g/mol. The second-order valence-corrected chi connectivity index (χ2v) is 6.53. The van der Waals surface area contributed by atoms with E-state index in [1.54, 1.807) is 12.1 Å². The second-order valence-electron chi connectivity index (χ2n) is 5.68. The van der Waals surface area contributed by atoms with Gasteiger partial charge in [-0.25, -0.2) is 4.99 Å². The van der Waals surface area contributed by atoms with Crippen molar-refractivity contribution in [3.63, 3.8) is 0 Å². The lowest BCUT2D eigenvalue weighted by Crippen LogP contribution is -2.39. The second kappa shape index (κ2) is 11.8. The molecule has 1 unspecified atom stereocenters. The normalized spacial score (nSPS) is 11.9. The van der Waals surface area contributed by atoms with E-state index in [2.05, 4.69) is 36.9 Å². The third-order valence-electron chi connectivity index (χ3n) is 3.60. The van der Waals surface area contributed by atoms with Crippen molar-refractivity contribution in [3.05, 3.63) is 58.6 Å². The van der Waals surface area contributed by atoms with Crippen molar-refractivity contribution >= 4 is 57.5 Å². The number of hydrogen-bond donors (Lipinski definition) is 4. The maximum Gasteiger partial charge on any atom is 0.246 e. The predicted molar refractivity (Wildman–Crippen MR) is 124 cm³/mol. The molecule has 2 aromatic rings. The molecule has 0 bridgehead atoms. The molecule has 27 heavy (non-hydrogen) atoms. The number of rotatable bonds is 6. The van der Waals surface area contributed by atoms with Gasteiger partial charge in [0, 0.05) is 16.7 Å². The van der Waals surface area contributed by atoms with Crippen LogP contribution in [0.1, 0.15) is 25.5 Å². The van der Waals surface area contributed by atoms with E-state index in [-0.39, 0.29) is 48.2 Å². The molecule has 0 aliphatic heterocycles. The molecule has 6 nitrogen and oxygen atoms in total. The number of carbonyl (C=O) groups is 1. The first-order valence-corrected chi connectivity index (χ1v) is 9.17. The van der Waals surface area contributed by atoms with E-state index in [1.165, 1.54) is 12.1 Å². The average molecular weight is 547 g/mol. The van der Waals surface area contributed by atoms with Crippen LogP contribution in [0, 0.1) is 0 Å². The summed E-state index contributed by atoms with van der Waals surface area (Å²) in [6, 6.07) is 14.3. The Hall–Kier alpha value is -1.81. The molecule has 0 saturated heterocycles. The maximum absolute atomic E-state index is 12.1. The summed E-state index contributed by atoms with van der Waals surface area (Å²) in [5.41, 5.74) is 1.72. The summed E-state index contributed by atoms with van der Waals surface area (Å²) >= 11 is 3.55. The first-order chi connectivity index (χ1) is 12.5. The topological polar surface area (TPSA) is 85.8 Å². The molecule has 4 N–H and O–H groups in total. The lowest BCUT2D eigenvalue weighted by Gasteiger charge is -2.19. The zero-order valence-electron chi connectivity index (χ0n) is 15.2. The molecule has 0 radical (unpaired) electrons. The number of benzene rings is 2. The fraction of sp³-hybridized carbons (Fsp3) is 0.263. The van der Waals surface area contributed by atoms with Gasteiger partial charge < -0.3 is 21.1 Å². The van der Waals surface area contributed by atoms with Gasteiger partial charge in [-0.15, -0.1) is 24.0 Å². The Morgan fingerprint density at radius 2 is 1.85 bits per heavy atom. The number of amides is 1. The Labute approximate surface area is 185 Å². The van der Waals surface area contributed by atoms with Crippen molar-refractivity contribution in [2.45, 2.75) is 19.9 Å². The van der Waals surface area contributed by atoms with Crippen LogP contribution in [0.2, 0.25) is 0 Å². The number of aromatic hydroxyl groups is 1. The Morgan fingerprint density at radius 1 is 1.19 bits per heavy atom. The van der Waals surface area contributed by atoms with Crippen LogP contribution in [0.4, 0.5) is 5.69 Å². The SMILES string of the molecule is CCNC(=NCC(=O)Nc1ccc(O)cc1)NC(C)c1ccccc1Br.I. The first kappa shape index (κ1) is 23.2. The highest BCUT2D eigenvalue weighted by atomic mass is 127. The van der Waals surface area contributed by atoms with E-state index in [0.29, 0.717) is 18.2 Å². The molecule has 0 aliphatic rings. The minimum Gasteiger partial charge on any atom is -0.508 e. The molecule has 146 valence electrons. The Balaban J connectivity index is 0.00000364. The van der Waals surface area contributed by atoms with Gasteiger partial charge in [-0.1, -0.05) is 34.1 Å². The van der Waals surface area contributed by atoms with Crippen LogP contribution in [0.25, 0.3) is 0 Å². The zero-order valence-corrected chi connectivity index (χ0v) is 19.1. The van der Waals surface area contributed by atoms with Crippen molar-refractivity contribution in [3.8, 4) is 5.75 Å². The summed E-state index contributed by atoms with van der Waals surface area (Å²) in [6.07, 6.45) is 0. The van der Waals surface area contributed by atoms with Gasteiger partial charge in [-0.05, 0) is 49.7 Å². The van der Waals surface area contributed by atoms with Crippen molar-refractivity contribution in [2.24, 2.45) is 4.99 Å². The fourth-order valence-corrected chi connectivity index (χ4v) is 2.95.